The van der Waals surface area contributed by atoms with Gasteiger partial charge in [-0.1, -0.05) is 38.1 Å². The molecule has 3 heterocycles. The standard InChI is InChI=1S/C39H52N4O9S/c1-23-11-7-8-12-25-20-39(25,37(47)42-53(48,49)27-15-16-27)21-32(44)31-18-26(51-35-29-14-10-9-13-28(29)34(50-6)40-41-35)22-43(31)36(46)30(24(2)17-23)19-33(45)52-38(3,4)5/h8-10,12-14,23-27,30-31H,7,11,15-22H2,1-6H3,(H,42,47)/b12-8-/t23-,24+,25+,26+,30-,31-,39+/m0/s1. The summed E-state index contributed by atoms with van der Waals surface area (Å²) in [7, 11) is -2.35. The minimum absolute atomic E-state index is 0.0307. The summed E-state index contributed by atoms with van der Waals surface area (Å²) in [6.07, 6.45) is 6.48. The fourth-order valence-electron chi connectivity index (χ4n) is 8.00. The second-order valence-electron chi connectivity index (χ2n) is 16.5. The largest absolute Gasteiger partial charge is 0.479 e. The van der Waals surface area contributed by atoms with Crippen molar-refractivity contribution in [2.75, 3.05) is 13.7 Å². The summed E-state index contributed by atoms with van der Waals surface area (Å²) in [4.78, 5) is 57.9. The lowest BCUT2D eigenvalue weighted by Crippen LogP contribution is -2.47. The number of aromatic nitrogens is 2. The van der Waals surface area contributed by atoms with Gasteiger partial charge in [-0.15, -0.1) is 10.2 Å². The molecule has 4 aliphatic rings. The van der Waals surface area contributed by atoms with Gasteiger partial charge >= 0.3 is 5.97 Å². The van der Waals surface area contributed by atoms with Crippen LogP contribution in [0.25, 0.3) is 10.8 Å². The van der Waals surface area contributed by atoms with Crippen LogP contribution in [0.2, 0.25) is 0 Å². The Labute approximate surface area is 311 Å². The van der Waals surface area contributed by atoms with Crippen LogP contribution >= 0.6 is 0 Å². The molecule has 0 unspecified atom stereocenters. The van der Waals surface area contributed by atoms with Gasteiger partial charge in [-0.2, -0.15) is 0 Å². The van der Waals surface area contributed by atoms with Crippen molar-refractivity contribution in [1.82, 2.24) is 19.8 Å². The van der Waals surface area contributed by atoms with Gasteiger partial charge in [0.1, 0.15) is 11.7 Å². The van der Waals surface area contributed by atoms with Crippen LogP contribution in [-0.2, 0) is 33.9 Å². The molecule has 2 aliphatic carbocycles. The molecule has 288 valence electrons. The molecule has 13 nitrogen and oxygen atoms in total. The number of ether oxygens (including phenoxy) is 3. The van der Waals surface area contributed by atoms with Gasteiger partial charge in [-0.25, -0.2) is 8.42 Å². The molecule has 6 rings (SSSR count). The summed E-state index contributed by atoms with van der Waals surface area (Å²) in [6, 6.07) is 6.34. The molecule has 1 saturated heterocycles. The van der Waals surface area contributed by atoms with Crippen LogP contribution in [0.4, 0.5) is 0 Å². The molecule has 1 aromatic heterocycles. The summed E-state index contributed by atoms with van der Waals surface area (Å²) in [6.45, 7) is 9.44. The molecule has 2 amide bonds. The Morgan fingerprint density at radius 2 is 1.70 bits per heavy atom. The quantitative estimate of drug-likeness (QED) is 0.287. The Morgan fingerprint density at radius 1 is 1.02 bits per heavy atom. The van der Waals surface area contributed by atoms with Gasteiger partial charge in [0.2, 0.25) is 33.6 Å². The van der Waals surface area contributed by atoms with Crippen LogP contribution in [-0.4, -0.2) is 83.7 Å². The molecule has 3 fully saturated rings. The highest BCUT2D eigenvalue weighted by molar-refractivity contribution is 7.90. The maximum atomic E-state index is 14.8. The van der Waals surface area contributed by atoms with Crippen LogP contribution in [0.1, 0.15) is 92.4 Å². The fourth-order valence-corrected chi connectivity index (χ4v) is 9.38. The molecule has 2 aromatic rings. The molecule has 1 N–H and O–H groups in total. The van der Waals surface area contributed by atoms with Crippen molar-refractivity contribution in [2.45, 2.75) is 115 Å². The number of carbonyl (C=O) groups excluding carboxylic acids is 4. The Balaban J connectivity index is 1.35. The topological polar surface area (TPSA) is 171 Å². The Morgan fingerprint density at radius 3 is 2.36 bits per heavy atom. The summed E-state index contributed by atoms with van der Waals surface area (Å²) >= 11 is 0. The molecule has 1 aromatic carbocycles. The van der Waals surface area contributed by atoms with Crippen LogP contribution in [0.5, 0.6) is 11.8 Å². The normalized spacial score (nSPS) is 30.3. The third-order valence-corrected chi connectivity index (χ3v) is 12.9. The van der Waals surface area contributed by atoms with Gasteiger partial charge in [0.25, 0.3) is 0 Å². The van der Waals surface area contributed by atoms with E-state index in [1.54, 1.807) is 20.8 Å². The third kappa shape index (κ3) is 8.68. The summed E-state index contributed by atoms with van der Waals surface area (Å²) in [5.74, 6) is -2.47. The average molecular weight is 753 g/mol. The van der Waals surface area contributed by atoms with E-state index in [4.69, 9.17) is 14.2 Å². The lowest BCUT2D eigenvalue weighted by Gasteiger charge is -2.32. The number of nitrogens with zero attached hydrogens (tertiary/aromatic N) is 3. The third-order valence-electron chi connectivity index (χ3n) is 11.1. The lowest BCUT2D eigenvalue weighted by molar-refractivity contribution is -0.160. The molecule has 7 atom stereocenters. The number of rotatable bonds is 8. The number of methoxy groups -OCH3 is 1. The number of ketones is 1. The Kier molecular flexibility index (Phi) is 10.9. The van der Waals surface area contributed by atoms with Crippen molar-refractivity contribution in [1.29, 1.82) is 0 Å². The monoisotopic (exact) mass is 752 g/mol. The average Bonchev–Trinajstić information content (AvgIpc) is 4.01. The van der Waals surface area contributed by atoms with E-state index in [1.807, 2.05) is 43.3 Å². The molecule has 2 saturated carbocycles. The number of sulfonamides is 1. The zero-order chi connectivity index (χ0) is 38.3. The number of carbonyl (C=O) groups is 4. The van der Waals surface area contributed by atoms with E-state index in [0.717, 1.165) is 12.8 Å². The van der Waals surface area contributed by atoms with E-state index in [9.17, 15) is 27.6 Å². The highest BCUT2D eigenvalue weighted by Crippen LogP contribution is 2.57. The number of esters is 1. The van der Waals surface area contributed by atoms with Gasteiger partial charge in [-0.3, -0.25) is 23.9 Å². The first kappa shape index (κ1) is 38.6. The second kappa shape index (κ2) is 15.0. The van der Waals surface area contributed by atoms with Crippen molar-refractivity contribution in [3.63, 3.8) is 0 Å². The second-order valence-corrected chi connectivity index (χ2v) is 18.5. The number of hydrogen-bond donors (Lipinski definition) is 1. The molecule has 53 heavy (non-hydrogen) atoms. The zero-order valence-electron chi connectivity index (χ0n) is 31.5. The van der Waals surface area contributed by atoms with E-state index < -0.39 is 56.2 Å². The summed E-state index contributed by atoms with van der Waals surface area (Å²) in [5, 5.41) is 9.17. The predicted octanol–water partition coefficient (Wildman–Crippen LogP) is 4.92. The van der Waals surface area contributed by atoms with Gasteiger partial charge in [-0.05, 0) is 89.2 Å². The van der Waals surface area contributed by atoms with E-state index >= 15 is 0 Å². The molecule has 0 spiro atoms. The molecule has 0 bridgehead atoms. The van der Waals surface area contributed by atoms with Crippen molar-refractivity contribution in [3.8, 4) is 11.8 Å². The summed E-state index contributed by atoms with van der Waals surface area (Å²) < 4.78 is 45.5. The first-order chi connectivity index (χ1) is 25.0. The highest BCUT2D eigenvalue weighted by Gasteiger charge is 2.61. The smallest absolute Gasteiger partial charge is 0.307 e. The molecule has 14 heteroatoms. The Bertz CT molecular complexity index is 1890. The van der Waals surface area contributed by atoms with Crippen molar-refractivity contribution in [3.05, 3.63) is 36.4 Å². The number of benzene rings is 1. The van der Waals surface area contributed by atoms with E-state index in [-0.39, 0.29) is 61.1 Å². The van der Waals surface area contributed by atoms with Crippen molar-refractivity contribution in [2.24, 2.45) is 29.1 Å². The molecular weight excluding hydrogens is 701 g/mol. The highest BCUT2D eigenvalue weighted by atomic mass is 32.2. The number of fused-ring (bicyclic) bond motifs is 3. The van der Waals surface area contributed by atoms with Crippen LogP contribution in [0.15, 0.2) is 36.4 Å². The van der Waals surface area contributed by atoms with E-state index in [1.165, 1.54) is 12.0 Å². The minimum atomic E-state index is -3.85. The first-order valence-corrected chi connectivity index (χ1v) is 20.3. The molecule has 2 aliphatic heterocycles. The fraction of sp³-hybridized carbons (Fsp3) is 0.641. The SMILES string of the molecule is COc1nnc(O[C@@H]2C[C@H]3C(=O)C[C@]4(C(=O)NS(=O)(=O)C5CC5)C[C@H]4/C=C\CC[C@H](C)C[C@@H](C)[C@H](CC(=O)OC(C)(C)C)C(=O)N3C2)c2ccccc12. The minimum Gasteiger partial charge on any atom is -0.479 e. The summed E-state index contributed by atoms with van der Waals surface area (Å²) in [5.41, 5.74) is -2.01. The number of Topliss-reactive ketones (excluding diaryl/α,β-unsaturated/α-hetero) is 1. The molecule has 0 radical (unpaired) electrons. The maximum absolute atomic E-state index is 14.8. The first-order valence-electron chi connectivity index (χ1n) is 18.7. The number of amides is 2. The maximum Gasteiger partial charge on any atom is 0.307 e. The van der Waals surface area contributed by atoms with E-state index in [2.05, 4.69) is 21.8 Å². The van der Waals surface area contributed by atoms with Gasteiger partial charge in [0, 0.05) is 12.8 Å². The van der Waals surface area contributed by atoms with Gasteiger partial charge < -0.3 is 19.1 Å². The van der Waals surface area contributed by atoms with Crippen LogP contribution in [0, 0.1) is 29.1 Å². The zero-order valence-corrected chi connectivity index (χ0v) is 32.3. The van der Waals surface area contributed by atoms with Gasteiger partial charge in [0.05, 0.1) is 53.5 Å². The van der Waals surface area contributed by atoms with Crippen LogP contribution < -0.4 is 14.2 Å². The lowest BCUT2D eigenvalue weighted by atomic mass is 9.82. The molecular formula is C39H52N4O9S. The van der Waals surface area contributed by atoms with Crippen molar-refractivity contribution < 1.29 is 41.8 Å². The Hall–Kier alpha value is -4.07. The number of nitrogens with one attached hydrogen (secondary N) is 1. The predicted molar refractivity (Wildman–Crippen MR) is 196 cm³/mol. The number of hydrogen-bond acceptors (Lipinski definition) is 11. The van der Waals surface area contributed by atoms with Crippen LogP contribution in [0.3, 0.4) is 0 Å². The van der Waals surface area contributed by atoms with Crippen molar-refractivity contribution >= 4 is 44.4 Å². The van der Waals surface area contributed by atoms with E-state index in [0.29, 0.717) is 42.3 Å². The number of allylic oxidation sites excluding steroid dienone is 2. The van der Waals surface area contributed by atoms with Gasteiger partial charge in [0.15, 0.2) is 5.78 Å².